The quantitative estimate of drug-likeness (QED) is 0.870. The highest BCUT2D eigenvalue weighted by atomic mass is 79.9. The van der Waals surface area contributed by atoms with Gasteiger partial charge in [-0.15, -0.1) is 0 Å². The van der Waals surface area contributed by atoms with Crippen LogP contribution in [-0.4, -0.2) is 11.7 Å². The van der Waals surface area contributed by atoms with Gasteiger partial charge in [0.05, 0.1) is 4.47 Å². The molecule has 0 bridgehead atoms. The van der Waals surface area contributed by atoms with Gasteiger partial charge in [-0.2, -0.15) is 0 Å². The van der Waals surface area contributed by atoms with Gasteiger partial charge in [0.25, 0.3) is 0 Å². The van der Waals surface area contributed by atoms with E-state index >= 15 is 0 Å². The summed E-state index contributed by atoms with van der Waals surface area (Å²) in [6.45, 7) is 6.00. The molecular weight excluding hydrogens is 242 g/mol. The smallest absolute Gasteiger partial charge is 0.134 e. The van der Waals surface area contributed by atoms with E-state index in [-0.39, 0.29) is 0 Å². The molecule has 1 aromatic carbocycles. The zero-order valence-electron chi connectivity index (χ0n) is 8.55. The van der Waals surface area contributed by atoms with Crippen molar-refractivity contribution < 1.29 is 5.11 Å². The number of halogens is 1. The van der Waals surface area contributed by atoms with E-state index in [0.717, 1.165) is 16.6 Å². The van der Waals surface area contributed by atoms with Crippen LogP contribution in [0.3, 0.4) is 0 Å². The van der Waals surface area contributed by atoms with Crippen molar-refractivity contribution in [3.8, 4) is 5.75 Å². The maximum absolute atomic E-state index is 9.68. The van der Waals surface area contributed by atoms with E-state index in [4.69, 9.17) is 0 Å². The molecule has 0 aliphatic heterocycles. The third-order valence-electron chi connectivity index (χ3n) is 1.94. The average molecular weight is 258 g/mol. The maximum atomic E-state index is 9.68. The molecular formula is C11H16BrNO. The number of para-hydroxylation sites is 1. The molecule has 0 heterocycles. The molecule has 0 unspecified atom stereocenters. The minimum atomic E-state index is 0.337. The van der Waals surface area contributed by atoms with Gasteiger partial charge < -0.3 is 10.4 Å². The molecule has 0 atom stereocenters. The van der Waals surface area contributed by atoms with E-state index in [1.807, 2.05) is 18.2 Å². The summed E-state index contributed by atoms with van der Waals surface area (Å²) >= 11 is 3.29. The van der Waals surface area contributed by atoms with Crippen molar-refractivity contribution in [3.05, 3.63) is 28.2 Å². The summed E-state index contributed by atoms with van der Waals surface area (Å²) in [4.78, 5) is 0. The summed E-state index contributed by atoms with van der Waals surface area (Å²) in [7, 11) is 0. The first-order valence-electron chi connectivity index (χ1n) is 4.78. The van der Waals surface area contributed by atoms with Crippen LogP contribution in [0.4, 0.5) is 0 Å². The van der Waals surface area contributed by atoms with Crippen molar-refractivity contribution >= 4 is 15.9 Å². The molecule has 3 heteroatoms. The molecule has 0 aromatic heterocycles. The Morgan fingerprint density at radius 1 is 1.43 bits per heavy atom. The molecule has 0 spiro atoms. The van der Waals surface area contributed by atoms with Crippen LogP contribution in [0.5, 0.6) is 5.75 Å². The van der Waals surface area contributed by atoms with Crippen molar-refractivity contribution in [3.63, 3.8) is 0 Å². The van der Waals surface area contributed by atoms with Crippen LogP contribution in [0, 0.1) is 5.92 Å². The van der Waals surface area contributed by atoms with E-state index in [2.05, 4.69) is 35.1 Å². The topological polar surface area (TPSA) is 32.3 Å². The molecule has 0 aliphatic carbocycles. The van der Waals surface area contributed by atoms with Crippen LogP contribution >= 0.6 is 15.9 Å². The van der Waals surface area contributed by atoms with Gasteiger partial charge in [-0.25, -0.2) is 0 Å². The lowest BCUT2D eigenvalue weighted by Gasteiger charge is -2.09. The van der Waals surface area contributed by atoms with E-state index in [9.17, 15) is 5.11 Å². The van der Waals surface area contributed by atoms with Crippen LogP contribution in [0.15, 0.2) is 22.7 Å². The fourth-order valence-electron chi connectivity index (χ4n) is 1.20. The molecule has 78 valence electrons. The van der Waals surface area contributed by atoms with E-state index in [1.165, 1.54) is 0 Å². The molecule has 0 radical (unpaired) electrons. The third-order valence-corrected chi connectivity index (χ3v) is 2.58. The lowest BCUT2D eigenvalue weighted by molar-refractivity contribution is 0.458. The summed E-state index contributed by atoms with van der Waals surface area (Å²) < 4.78 is 0.751. The first-order chi connectivity index (χ1) is 6.61. The van der Waals surface area contributed by atoms with Crippen LogP contribution in [0.1, 0.15) is 19.4 Å². The van der Waals surface area contributed by atoms with Gasteiger partial charge >= 0.3 is 0 Å². The molecule has 2 nitrogen and oxygen atoms in total. The summed E-state index contributed by atoms with van der Waals surface area (Å²) in [6, 6.07) is 5.69. The van der Waals surface area contributed by atoms with Gasteiger partial charge in [-0.1, -0.05) is 26.0 Å². The normalized spacial score (nSPS) is 10.9. The number of benzene rings is 1. The van der Waals surface area contributed by atoms with Gasteiger partial charge in [0.15, 0.2) is 0 Å². The van der Waals surface area contributed by atoms with E-state index in [1.54, 1.807) is 0 Å². The molecule has 1 aromatic rings. The van der Waals surface area contributed by atoms with Crippen molar-refractivity contribution in [2.24, 2.45) is 5.92 Å². The highest BCUT2D eigenvalue weighted by Gasteiger charge is 2.03. The Morgan fingerprint density at radius 3 is 2.79 bits per heavy atom. The van der Waals surface area contributed by atoms with Crippen molar-refractivity contribution in [2.75, 3.05) is 6.54 Å². The van der Waals surface area contributed by atoms with Crippen molar-refractivity contribution in [2.45, 2.75) is 20.4 Å². The van der Waals surface area contributed by atoms with Crippen LogP contribution in [-0.2, 0) is 6.54 Å². The number of hydrogen-bond donors (Lipinski definition) is 2. The highest BCUT2D eigenvalue weighted by Crippen LogP contribution is 2.27. The van der Waals surface area contributed by atoms with Gasteiger partial charge in [0.1, 0.15) is 5.75 Å². The van der Waals surface area contributed by atoms with Crippen molar-refractivity contribution in [1.29, 1.82) is 0 Å². The Bertz CT molecular complexity index is 299. The predicted molar refractivity (Wildman–Crippen MR) is 62.4 cm³/mol. The van der Waals surface area contributed by atoms with Crippen LogP contribution in [0.25, 0.3) is 0 Å². The Balaban J connectivity index is 2.54. The lowest BCUT2D eigenvalue weighted by Crippen LogP contribution is -2.18. The molecule has 0 saturated carbocycles. The Labute approximate surface area is 93.5 Å². The summed E-state index contributed by atoms with van der Waals surface area (Å²) in [5.74, 6) is 0.966. The monoisotopic (exact) mass is 257 g/mol. The fraction of sp³-hybridized carbons (Fsp3) is 0.455. The van der Waals surface area contributed by atoms with Crippen LogP contribution in [0.2, 0.25) is 0 Å². The van der Waals surface area contributed by atoms with E-state index in [0.29, 0.717) is 18.2 Å². The number of phenols is 1. The molecule has 0 saturated heterocycles. The first-order valence-corrected chi connectivity index (χ1v) is 5.57. The predicted octanol–water partition coefficient (Wildman–Crippen LogP) is 2.90. The number of hydrogen-bond acceptors (Lipinski definition) is 2. The second-order valence-corrected chi connectivity index (χ2v) is 4.63. The molecule has 1 rings (SSSR count). The van der Waals surface area contributed by atoms with Crippen LogP contribution < -0.4 is 5.32 Å². The lowest BCUT2D eigenvalue weighted by atomic mass is 10.2. The highest BCUT2D eigenvalue weighted by molar-refractivity contribution is 9.10. The minimum Gasteiger partial charge on any atom is -0.506 e. The standard InChI is InChI=1S/C11H16BrNO/c1-8(2)6-13-7-9-4-3-5-10(12)11(9)14/h3-5,8,13-14H,6-7H2,1-2H3. The third kappa shape index (κ3) is 3.31. The minimum absolute atomic E-state index is 0.337. The SMILES string of the molecule is CC(C)CNCc1cccc(Br)c1O. The van der Waals surface area contributed by atoms with Crippen molar-refractivity contribution in [1.82, 2.24) is 5.32 Å². The second kappa shape index (κ2) is 5.37. The summed E-state index contributed by atoms with van der Waals surface area (Å²) in [5, 5.41) is 13.0. The fourth-order valence-corrected chi connectivity index (χ4v) is 1.61. The van der Waals surface area contributed by atoms with Gasteiger partial charge in [0, 0.05) is 12.1 Å². The molecule has 0 aliphatic rings. The molecule has 14 heavy (non-hydrogen) atoms. The zero-order valence-corrected chi connectivity index (χ0v) is 10.1. The summed E-state index contributed by atoms with van der Waals surface area (Å²) in [6.07, 6.45) is 0. The number of phenolic OH excluding ortho intramolecular Hbond substituents is 1. The molecule has 2 N–H and O–H groups in total. The van der Waals surface area contributed by atoms with Gasteiger partial charge in [0.2, 0.25) is 0 Å². The average Bonchev–Trinajstić information content (AvgIpc) is 2.12. The Morgan fingerprint density at radius 2 is 2.14 bits per heavy atom. The molecule has 0 amide bonds. The number of aromatic hydroxyl groups is 1. The van der Waals surface area contributed by atoms with E-state index < -0.39 is 0 Å². The number of nitrogens with one attached hydrogen (secondary N) is 1. The Hall–Kier alpha value is -0.540. The Kier molecular flexibility index (Phi) is 4.42. The van der Waals surface area contributed by atoms with Gasteiger partial charge in [-0.3, -0.25) is 0 Å². The second-order valence-electron chi connectivity index (χ2n) is 3.77. The largest absolute Gasteiger partial charge is 0.506 e. The maximum Gasteiger partial charge on any atom is 0.134 e. The zero-order chi connectivity index (χ0) is 10.6. The number of rotatable bonds is 4. The summed E-state index contributed by atoms with van der Waals surface area (Å²) in [5.41, 5.74) is 0.931. The van der Waals surface area contributed by atoms with Gasteiger partial charge in [-0.05, 0) is 34.5 Å². The molecule has 0 fully saturated rings. The first kappa shape index (κ1) is 11.5.